The molecule has 27 heavy (non-hydrogen) atoms. The maximum atomic E-state index is 12.9. The van der Waals surface area contributed by atoms with Crippen LogP contribution in [0.4, 0.5) is 5.69 Å². The van der Waals surface area contributed by atoms with E-state index >= 15 is 0 Å². The number of amides is 1. The van der Waals surface area contributed by atoms with E-state index in [0.717, 1.165) is 25.2 Å². The van der Waals surface area contributed by atoms with Crippen LogP contribution < -0.4 is 4.90 Å². The Balaban J connectivity index is 1.56. The summed E-state index contributed by atoms with van der Waals surface area (Å²) in [6.07, 6.45) is 7.59. The van der Waals surface area contributed by atoms with Crippen molar-refractivity contribution in [2.45, 2.75) is 6.42 Å². The number of benzene rings is 1. The van der Waals surface area contributed by atoms with Gasteiger partial charge >= 0.3 is 0 Å². The third kappa shape index (κ3) is 4.13. The number of nitrogens with zero attached hydrogens (tertiary/aromatic N) is 5. The lowest BCUT2D eigenvalue weighted by molar-refractivity contribution is 0.0741. The van der Waals surface area contributed by atoms with Crippen LogP contribution in [0, 0.1) is 5.92 Å². The molecule has 7 nitrogen and oxygen atoms in total. The molecule has 1 aromatic carbocycles. The van der Waals surface area contributed by atoms with Gasteiger partial charge in [0.05, 0.1) is 5.69 Å². The van der Waals surface area contributed by atoms with E-state index in [0.29, 0.717) is 18.8 Å². The second-order valence-corrected chi connectivity index (χ2v) is 6.77. The van der Waals surface area contributed by atoms with Crippen LogP contribution in [0.1, 0.15) is 16.2 Å². The molecule has 1 saturated heterocycles. The Bertz CT molecular complexity index is 853. The lowest BCUT2D eigenvalue weighted by Gasteiger charge is -2.25. The monoisotopic (exact) mass is 362 g/mol. The predicted octanol–water partition coefficient (Wildman–Crippen LogP) is 2.02. The molecule has 3 heterocycles. The van der Waals surface area contributed by atoms with E-state index in [1.807, 2.05) is 23.1 Å². The van der Waals surface area contributed by atoms with Gasteiger partial charge in [0.1, 0.15) is 5.69 Å². The van der Waals surface area contributed by atoms with Crippen LogP contribution in [-0.4, -0.2) is 57.2 Å². The highest BCUT2D eigenvalue weighted by atomic mass is 16.2. The molecule has 2 aromatic heterocycles. The second-order valence-electron chi connectivity index (χ2n) is 6.77. The summed E-state index contributed by atoms with van der Waals surface area (Å²) in [5.41, 5.74) is 2.66. The van der Waals surface area contributed by atoms with Crippen LogP contribution in [0.2, 0.25) is 0 Å². The Morgan fingerprint density at radius 2 is 1.96 bits per heavy atom. The average molecular weight is 362 g/mol. The maximum Gasteiger partial charge on any atom is 0.271 e. The van der Waals surface area contributed by atoms with Crippen LogP contribution in [0.15, 0.2) is 61.2 Å². The molecule has 7 heteroatoms. The van der Waals surface area contributed by atoms with Crippen molar-refractivity contribution >= 4 is 11.6 Å². The van der Waals surface area contributed by atoms with Gasteiger partial charge in [0, 0.05) is 56.7 Å². The molecule has 1 aliphatic heterocycles. The van der Waals surface area contributed by atoms with E-state index in [-0.39, 0.29) is 11.8 Å². The zero-order chi connectivity index (χ0) is 18.5. The molecular formula is C20H22N6O. The Morgan fingerprint density at radius 1 is 1.07 bits per heavy atom. The molecule has 1 amide bonds. The van der Waals surface area contributed by atoms with Crippen LogP contribution in [-0.2, 0) is 6.42 Å². The molecule has 1 fully saturated rings. The number of hydrogen-bond acceptors (Lipinski definition) is 5. The first-order chi connectivity index (χ1) is 13.3. The summed E-state index contributed by atoms with van der Waals surface area (Å²) in [5.74, 6) is 0.253. The average Bonchev–Trinajstić information content (AvgIpc) is 3.17. The highest BCUT2D eigenvalue weighted by Crippen LogP contribution is 2.21. The highest BCUT2D eigenvalue weighted by Gasteiger charge is 2.27. The SMILES string of the molecule is O=C(c1ccn[nH]1)N1CCN(c2ccccc2)C[C@H](Cc2cnccn2)C1. The Hall–Kier alpha value is -3.22. The van der Waals surface area contributed by atoms with Crippen molar-refractivity contribution in [3.05, 3.63) is 72.6 Å². The van der Waals surface area contributed by atoms with E-state index in [2.05, 4.69) is 37.2 Å². The van der Waals surface area contributed by atoms with Gasteiger partial charge in [-0.3, -0.25) is 19.9 Å². The normalized spacial score (nSPS) is 17.6. The molecular weight excluding hydrogens is 340 g/mol. The topological polar surface area (TPSA) is 78.0 Å². The molecule has 4 rings (SSSR count). The van der Waals surface area contributed by atoms with E-state index < -0.39 is 0 Å². The quantitative estimate of drug-likeness (QED) is 0.768. The van der Waals surface area contributed by atoms with Gasteiger partial charge < -0.3 is 9.80 Å². The number of aromatic amines is 1. The van der Waals surface area contributed by atoms with Crippen LogP contribution in [0.5, 0.6) is 0 Å². The number of anilines is 1. The molecule has 0 spiro atoms. The minimum absolute atomic E-state index is 0.00782. The van der Waals surface area contributed by atoms with E-state index in [9.17, 15) is 4.79 Å². The summed E-state index contributed by atoms with van der Waals surface area (Å²) in [6, 6.07) is 12.1. The molecule has 1 aliphatic rings. The number of carbonyl (C=O) groups is 1. The largest absolute Gasteiger partial charge is 0.369 e. The minimum atomic E-state index is -0.00782. The van der Waals surface area contributed by atoms with E-state index in [1.165, 1.54) is 5.69 Å². The molecule has 0 radical (unpaired) electrons. The summed E-state index contributed by atoms with van der Waals surface area (Å²) in [7, 11) is 0. The molecule has 0 unspecified atom stereocenters. The van der Waals surface area contributed by atoms with Gasteiger partial charge in [0.25, 0.3) is 5.91 Å². The fraction of sp³-hybridized carbons (Fsp3) is 0.300. The van der Waals surface area contributed by atoms with Crippen molar-refractivity contribution in [3.63, 3.8) is 0 Å². The van der Waals surface area contributed by atoms with Gasteiger partial charge in [-0.1, -0.05) is 18.2 Å². The van der Waals surface area contributed by atoms with Gasteiger partial charge in [-0.2, -0.15) is 5.10 Å². The van der Waals surface area contributed by atoms with Gasteiger partial charge in [-0.05, 0) is 30.5 Å². The lowest BCUT2D eigenvalue weighted by Crippen LogP contribution is -2.36. The fourth-order valence-electron chi connectivity index (χ4n) is 3.57. The first kappa shape index (κ1) is 17.2. The van der Waals surface area contributed by atoms with Crippen molar-refractivity contribution in [2.75, 3.05) is 31.1 Å². The van der Waals surface area contributed by atoms with Crippen molar-refractivity contribution in [1.82, 2.24) is 25.1 Å². The van der Waals surface area contributed by atoms with Crippen LogP contribution in [0.3, 0.4) is 0 Å². The number of H-pyrrole nitrogens is 1. The molecule has 1 atom stereocenters. The number of nitrogens with one attached hydrogen (secondary N) is 1. The molecule has 0 aliphatic carbocycles. The zero-order valence-corrected chi connectivity index (χ0v) is 15.0. The highest BCUT2D eigenvalue weighted by molar-refractivity contribution is 5.92. The lowest BCUT2D eigenvalue weighted by atomic mass is 10.0. The first-order valence-corrected chi connectivity index (χ1v) is 9.13. The number of rotatable bonds is 4. The Labute approximate surface area is 158 Å². The van der Waals surface area contributed by atoms with Gasteiger partial charge in [0.15, 0.2) is 0 Å². The molecule has 138 valence electrons. The maximum absolute atomic E-state index is 12.9. The number of aromatic nitrogens is 4. The molecule has 0 bridgehead atoms. The first-order valence-electron chi connectivity index (χ1n) is 9.13. The van der Waals surface area contributed by atoms with Crippen LogP contribution in [0.25, 0.3) is 0 Å². The predicted molar refractivity (Wildman–Crippen MR) is 102 cm³/mol. The van der Waals surface area contributed by atoms with Crippen molar-refractivity contribution in [1.29, 1.82) is 0 Å². The van der Waals surface area contributed by atoms with Gasteiger partial charge in [0.2, 0.25) is 0 Å². The number of para-hydroxylation sites is 1. The fourth-order valence-corrected chi connectivity index (χ4v) is 3.57. The van der Waals surface area contributed by atoms with Crippen LogP contribution >= 0.6 is 0 Å². The summed E-state index contributed by atoms with van der Waals surface area (Å²) >= 11 is 0. The van der Waals surface area contributed by atoms with Crippen molar-refractivity contribution in [3.8, 4) is 0 Å². The van der Waals surface area contributed by atoms with Crippen molar-refractivity contribution < 1.29 is 4.79 Å². The van der Waals surface area contributed by atoms with Gasteiger partial charge in [-0.25, -0.2) is 0 Å². The molecule has 1 N–H and O–H groups in total. The summed E-state index contributed by atoms with van der Waals surface area (Å²) in [4.78, 5) is 25.7. The number of carbonyl (C=O) groups excluding carboxylic acids is 1. The number of hydrogen-bond donors (Lipinski definition) is 1. The van der Waals surface area contributed by atoms with E-state index in [4.69, 9.17) is 0 Å². The third-order valence-electron chi connectivity index (χ3n) is 4.85. The smallest absolute Gasteiger partial charge is 0.271 e. The second kappa shape index (κ2) is 7.99. The molecule has 3 aromatic rings. The summed E-state index contributed by atoms with van der Waals surface area (Å²) in [5, 5.41) is 6.69. The standard InChI is InChI=1S/C20H22N6O/c27-20(19-6-7-23-24-19)26-11-10-25(18-4-2-1-3-5-18)14-16(15-26)12-17-13-21-8-9-22-17/h1-9,13,16H,10-12,14-15H2,(H,23,24)/t16-/m0/s1. The Kier molecular flexibility index (Phi) is 5.09. The zero-order valence-electron chi connectivity index (χ0n) is 15.0. The van der Waals surface area contributed by atoms with Gasteiger partial charge in [-0.15, -0.1) is 0 Å². The minimum Gasteiger partial charge on any atom is -0.369 e. The molecule has 0 saturated carbocycles. The summed E-state index contributed by atoms with van der Waals surface area (Å²) in [6.45, 7) is 3.01. The third-order valence-corrected chi connectivity index (χ3v) is 4.85. The van der Waals surface area contributed by atoms with E-state index in [1.54, 1.807) is 30.9 Å². The Morgan fingerprint density at radius 3 is 2.70 bits per heavy atom. The van der Waals surface area contributed by atoms with Crippen molar-refractivity contribution in [2.24, 2.45) is 5.92 Å². The summed E-state index contributed by atoms with van der Waals surface area (Å²) < 4.78 is 0.